The van der Waals surface area contributed by atoms with E-state index in [0.717, 1.165) is 19.3 Å². The summed E-state index contributed by atoms with van der Waals surface area (Å²) < 4.78 is 0. The summed E-state index contributed by atoms with van der Waals surface area (Å²) in [6.45, 7) is 2.05. The van der Waals surface area contributed by atoms with Gasteiger partial charge < -0.3 is 0 Å². The highest BCUT2D eigenvalue weighted by Gasteiger charge is 2.26. The van der Waals surface area contributed by atoms with Gasteiger partial charge in [-0.25, -0.2) is 0 Å². The summed E-state index contributed by atoms with van der Waals surface area (Å²) in [5, 5.41) is -0.208. The van der Waals surface area contributed by atoms with Gasteiger partial charge in [0, 0.05) is 0 Å². The Bertz CT molecular complexity index is 371. The van der Waals surface area contributed by atoms with Gasteiger partial charge in [0.05, 0.1) is 5.92 Å². The fourth-order valence-corrected chi connectivity index (χ4v) is 2.54. The molecule has 0 aromatic heterocycles. The molecule has 1 atom stereocenters. The van der Waals surface area contributed by atoms with Crippen LogP contribution in [0, 0.1) is 6.92 Å². The summed E-state index contributed by atoms with van der Waals surface area (Å²) in [6, 6.07) is 6.21. The van der Waals surface area contributed by atoms with Crippen molar-refractivity contribution in [3.63, 3.8) is 0 Å². The summed E-state index contributed by atoms with van der Waals surface area (Å²) in [6.07, 6.45) is 3.05. The molecule has 0 bridgehead atoms. The van der Waals surface area contributed by atoms with Crippen LogP contribution in [0.15, 0.2) is 18.2 Å². The lowest BCUT2D eigenvalue weighted by Gasteiger charge is -2.24. The minimum atomic E-state index is -0.208. The zero-order valence-corrected chi connectivity index (χ0v) is 8.97. The SMILES string of the molecule is Cc1cccc2c1C(C(=O)Cl)CCC2. The van der Waals surface area contributed by atoms with Gasteiger partial charge in [-0.05, 0) is 54.5 Å². The number of hydrogen-bond acceptors (Lipinski definition) is 1. The van der Waals surface area contributed by atoms with Crippen LogP contribution in [0.5, 0.6) is 0 Å². The van der Waals surface area contributed by atoms with Crippen molar-refractivity contribution in [3.8, 4) is 0 Å². The van der Waals surface area contributed by atoms with E-state index in [-0.39, 0.29) is 11.2 Å². The van der Waals surface area contributed by atoms with Crippen LogP contribution in [0.4, 0.5) is 0 Å². The largest absolute Gasteiger partial charge is 0.281 e. The molecule has 74 valence electrons. The van der Waals surface area contributed by atoms with Gasteiger partial charge in [0.25, 0.3) is 0 Å². The number of benzene rings is 1. The second kappa shape index (κ2) is 3.74. The Morgan fingerprint density at radius 1 is 1.50 bits per heavy atom. The first-order valence-corrected chi connectivity index (χ1v) is 5.35. The molecule has 0 spiro atoms. The molecule has 0 radical (unpaired) electrons. The minimum Gasteiger partial charge on any atom is -0.281 e. The molecule has 0 N–H and O–H groups in total. The third-order valence-corrected chi connectivity index (χ3v) is 3.24. The molecule has 0 fully saturated rings. The van der Waals surface area contributed by atoms with Crippen molar-refractivity contribution in [2.75, 3.05) is 0 Å². The van der Waals surface area contributed by atoms with Crippen LogP contribution in [0.1, 0.15) is 35.4 Å². The first kappa shape index (κ1) is 9.72. The first-order valence-electron chi connectivity index (χ1n) is 4.98. The quantitative estimate of drug-likeness (QED) is 0.648. The van der Waals surface area contributed by atoms with Crippen LogP contribution < -0.4 is 0 Å². The van der Waals surface area contributed by atoms with Crippen molar-refractivity contribution < 1.29 is 4.79 Å². The number of hydrogen-bond donors (Lipinski definition) is 0. The van der Waals surface area contributed by atoms with Gasteiger partial charge in [-0.3, -0.25) is 4.79 Å². The average Bonchev–Trinajstić information content (AvgIpc) is 2.17. The maximum Gasteiger partial charge on any atom is 0.229 e. The van der Waals surface area contributed by atoms with Crippen molar-refractivity contribution in [1.82, 2.24) is 0 Å². The molecular weight excluding hydrogens is 196 g/mol. The third-order valence-electron chi connectivity index (χ3n) is 2.98. The molecule has 0 saturated heterocycles. The van der Waals surface area contributed by atoms with Crippen molar-refractivity contribution in [2.45, 2.75) is 32.1 Å². The minimum absolute atomic E-state index is 0.0679. The first-order chi connectivity index (χ1) is 6.70. The topological polar surface area (TPSA) is 17.1 Å². The van der Waals surface area contributed by atoms with Crippen molar-refractivity contribution in [1.29, 1.82) is 0 Å². The summed E-state index contributed by atoms with van der Waals surface area (Å²) in [7, 11) is 0. The second-order valence-electron chi connectivity index (χ2n) is 3.90. The lowest BCUT2D eigenvalue weighted by atomic mass is 9.81. The van der Waals surface area contributed by atoms with Crippen LogP contribution in [0.2, 0.25) is 0 Å². The predicted molar refractivity (Wildman–Crippen MR) is 57.7 cm³/mol. The fraction of sp³-hybridized carbons (Fsp3) is 0.417. The van der Waals surface area contributed by atoms with Gasteiger partial charge >= 0.3 is 0 Å². The van der Waals surface area contributed by atoms with E-state index < -0.39 is 0 Å². The number of halogens is 1. The number of rotatable bonds is 1. The van der Waals surface area contributed by atoms with Crippen LogP contribution in [0.25, 0.3) is 0 Å². The number of carbonyl (C=O) groups excluding carboxylic acids is 1. The Balaban J connectivity index is 2.52. The summed E-state index contributed by atoms with van der Waals surface area (Å²) in [4.78, 5) is 11.3. The molecule has 1 aromatic rings. The van der Waals surface area contributed by atoms with E-state index in [1.54, 1.807) is 0 Å². The predicted octanol–water partition coefficient (Wildman–Crippen LogP) is 3.18. The fourth-order valence-electron chi connectivity index (χ4n) is 2.33. The van der Waals surface area contributed by atoms with E-state index >= 15 is 0 Å². The number of carbonyl (C=O) groups is 1. The van der Waals surface area contributed by atoms with E-state index in [9.17, 15) is 4.79 Å². The van der Waals surface area contributed by atoms with Gasteiger partial charge in [0.15, 0.2) is 0 Å². The smallest absolute Gasteiger partial charge is 0.229 e. The summed E-state index contributed by atoms with van der Waals surface area (Å²) >= 11 is 5.62. The molecule has 1 nitrogen and oxygen atoms in total. The lowest BCUT2D eigenvalue weighted by Crippen LogP contribution is -2.16. The number of fused-ring (bicyclic) bond motifs is 1. The molecule has 1 aliphatic carbocycles. The van der Waals surface area contributed by atoms with Crippen molar-refractivity contribution >= 4 is 16.8 Å². The molecular formula is C12H13ClO. The average molecular weight is 209 g/mol. The molecule has 0 saturated carbocycles. The van der Waals surface area contributed by atoms with E-state index in [2.05, 4.69) is 25.1 Å². The molecule has 0 aliphatic heterocycles. The van der Waals surface area contributed by atoms with Crippen LogP contribution in [-0.2, 0) is 11.2 Å². The van der Waals surface area contributed by atoms with Gasteiger partial charge in [-0.15, -0.1) is 0 Å². The Hall–Kier alpha value is -0.820. The second-order valence-corrected chi connectivity index (χ2v) is 4.27. The third kappa shape index (κ3) is 1.57. The molecule has 1 unspecified atom stereocenters. The van der Waals surface area contributed by atoms with Crippen LogP contribution in [-0.4, -0.2) is 5.24 Å². The maximum absolute atomic E-state index is 11.3. The molecule has 0 amide bonds. The molecule has 1 aliphatic rings. The Morgan fingerprint density at radius 2 is 2.29 bits per heavy atom. The number of aryl methyl sites for hydroxylation is 2. The van der Waals surface area contributed by atoms with Gasteiger partial charge in [0.1, 0.15) is 0 Å². The Morgan fingerprint density at radius 3 is 3.00 bits per heavy atom. The van der Waals surface area contributed by atoms with E-state index in [1.807, 2.05) is 0 Å². The van der Waals surface area contributed by atoms with Crippen molar-refractivity contribution in [3.05, 3.63) is 34.9 Å². The molecule has 1 aromatic carbocycles. The Labute approximate surface area is 89.1 Å². The Kier molecular flexibility index (Phi) is 2.60. The van der Waals surface area contributed by atoms with Gasteiger partial charge in [-0.1, -0.05) is 18.2 Å². The molecule has 14 heavy (non-hydrogen) atoms. The van der Waals surface area contributed by atoms with Crippen molar-refractivity contribution in [2.24, 2.45) is 0 Å². The maximum atomic E-state index is 11.3. The standard InChI is InChI=1S/C12H13ClO/c1-8-4-2-5-9-6-3-7-10(11(8)9)12(13)14/h2,4-5,10H,3,6-7H2,1H3. The summed E-state index contributed by atoms with van der Waals surface area (Å²) in [5.74, 6) is -0.0679. The van der Waals surface area contributed by atoms with E-state index in [1.165, 1.54) is 16.7 Å². The molecule has 2 heteroatoms. The zero-order chi connectivity index (χ0) is 10.1. The van der Waals surface area contributed by atoms with E-state index in [0.29, 0.717) is 0 Å². The van der Waals surface area contributed by atoms with Crippen LogP contribution >= 0.6 is 11.6 Å². The zero-order valence-electron chi connectivity index (χ0n) is 8.22. The van der Waals surface area contributed by atoms with Gasteiger partial charge in [0.2, 0.25) is 5.24 Å². The molecule has 0 heterocycles. The monoisotopic (exact) mass is 208 g/mol. The van der Waals surface area contributed by atoms with Gasteiger partial charge in [-0.2, -0.15) is 0 Å². The van der Waals surface area contributed by atoms with Crippen LogP contribution in [0.3, 0.4) is 0 Å². The lowest BCUT2D eigenvalue weighted by molar-refractivity contribution is -0.113. The highest BCUT2D eigenvalue weighted by atomic mass is 35.5. The normalized spacial score (nSPS) is 20.3. The van der Waals surface area contributed by atoms with E-state index in [4.69, 9.17) is 11.6 Å². The highest BCUT2D eigenvalue weighted by Crippen LogP contribution is 2.35. The highest BCUT2D eigenvalue weighted by molar-refractivity contribution is 6.64. The molecule has 2 rings (SSSR count). The summed E-state index contributed by atoms with van der Waals surface area (Å²) in [5.41, 5.74) is 3.68.